The molecule has 0 aliphatic heterocycles. The van der Waals surface area contributed by atoms with Crippen LogP contribution in [0.4, 0.5) is 0 Å². The quantitative estimate of drug-likeness (QED) is 0.774. The predicted molar refractivity (Wildman–Crippen MR) is 98.3 cm³/mol. The monoisotopic (exact) mass is 330 g/mol. The van der Waals surface area contributed by atoms with Gasteiger partial charge in [0.15, 0.2) is 0 Å². The topological polar surface area (TPSA) is 28.4 Å². The third-order valence-corrected chi connectivity index (χ3v) is 3.99. The van der Waals surface area contributed by atoms with Crippen LogP contribution >= 0.6 is 12.4 Å². The summed E-state index contributed by atoms with van der Waals surface area (Å²) in [5.74, 6) is 0. The Hall–Kier alpha value is -1.81. The van der Waals surface area contributed by atoms with Crippen LogP contribution in [-0.2, 0) is 0 Å². The van der Waals surface area contributed by atoms with E-state index < -0.39 is 6.10 Å². The first-order valence-corrected chi connectivity index (χ1v) is 7.60. The van der Waals surface area contributed by atoms with Gasteiger partial charge in [-0.1, -0.05) is 48.5 Å². The number of fused-ring (bicyclic) bond motifs is 1. The third kappa shape index (κ3) is 3.75. The smallest absolute Gasteiger partial charge is 0.0915 e. The van der Waals surface area contributed by atoms with E-state index in [0.717, 1.165) is 11.1 Å². The molecular weight excluding hydrogens is 308 g/mol. The van der Waals surface area contributed by atoms with E-state index in [1.807, 2.05) is 49.3 Å². The van der Waals surface area contributed by atoms with E-state index in [1.54, 1.807) is 0 Å². The van der Waals surface area contributed by atoms with Gasteiger partial charge < -0.3 is 14.6 Å². The molecule has 0 aliphatic carbocycles. The molecule has 23 heavy (non-hydrogen) atoms. The highest BCUT2D eigenvalue weighted by Gasteiger charge is 2.24. The highest BCUT2D eigenvalue weighted by molar-refractivity contribution is 5.85. The van der Waals surface area contributed by atoms with Crippen LogP contribution < -0.4 is 0 Å². The van der Waals surface area contributed by atoms with Crippen molar-refractivity contribution >= 4 is 23.3 Å². The van der Waals surface area contributed by atoms with Crippen molar-refractivity contribution in [1.82, 2.24) is 9.47 Å². The molecule has 1 N–H and O–H groups in total. The van der Waals surface area contributed by atoms with Gasteiger partial charge in [-0.3, -0.25) is 0 Å². The van der Waals surface area contributed by atoms with Crippen molar-refractivity contribution < 1.29 is 5.11 Å². The maximum absolute atomic E-state index is 10.8. The Morgan fingerprint density at radius 3 is 2.30 bits per heavy atom. The summed E-state index contributed by atoms with van der Waals surface area (Å²) in [6.07, 6.45) is 1.59. The number of halogens is 1. The van der Waals surface area contributed by atoms with Gasteiger partial charge in [0.05, 0.1) is 12.1 Å². The Balaban J connectivity index is 0.00000192. The second-order valence-corrected chi connectivity index (χ2v) is 5.97. The predicted octanol–water partition coefficient (Wildman–Crippen LogP) is 3.58. The van der Waals surface area contributed by atoms with Gasteiger partial charge in [0, 0.05) is 18.3 Å². The van der Waals surface area contributed by atoms with Crippen molar-refractivity contribution in [2.45, 2.75) is 12.1 Å². The lowest BCUT2D eigenvalue weighted by molar-refractivity contribution is 0.101. The highest BCUT2D eigenvalue weighted by Crippen LogP contribution is 2.28. The first-order valence-electron chi connectivity index (χ1n) is 7.60. The number of aliphatic hydroxyl groups excluding tert-OH is 1. The number of hydrogen-bond acceptors (Lipinski definition) is 2. The Kier molecular flexibility index (Phi) is 5.83. The van der Waals surface area contributed by atoms with Gasteiger partial charge in [-0.25, -0.2) is 0 Å². The van der Waals surface area contributed by atoms with E-state index in [0.29, 0.717) is 6.54 Å². The standard InChI is InChI=1S/C19H22N2O.ClH/c1-20(2)14-18(22)19(16-9-4-3-5-10-16)21-13-12-15-8-6-7-11-17(15)21;/h3-13,18-19,22H,14H2,1-2H3;1H. The lowest BCUT2D eigenvalue weighted by atomic mass is 10.0. The minimum Gasteiger partial charge on any atom is -0.389 e. The summed E-state index contributed by atoms with van der Waals surface area (Å²) in [6, 6.07) is 20.5. The molecule has 2 aromatic carbocycles. The molecule has 0 bridgehead atoms. The van der Waals surface area contributed by atoms with Gasteiger partial charge in [-0.2, -0.15) is 0 Å². The van der Waals surface area contributed by atoms with Crippen LogP contribution in [0.1, 0.15) is 11.6 Å². The maximum Gasteiger partial charge on any atom is 0.0915 e. The number of nitrogens with zero attached hydrogens (tertiary/aromatic N) is 2. The Morgan fingerprint density at radius 1 is 0.957 bits per heavy atom. The average molecular weight is 331 g/mol. The third-order valence-electron chi connectivity index (χ3n) is 3.99. The van der Waals surface area contributed by atoms with Crippen LogP contribution in [0.5, 0.6) is 0 Å². The van der Waals surface area contributed by atoms with E-state index in [-0.39, 0.29) is 18.4 Å². The van der Waals surface area contributed by atoms with Gasteiger partial charge in [0.1, 0.15) is 0 Å². The molecule has 0 aliphatic rings. The molecule has 1 aromatic heterocycles. The Morgan fingerprint density at radius 2 is 1.61 bits per heavy atom. The summed E-state index contributed by atoms with van der Waals surface area (Å²) in [6.45, 7) is 0.617. The lowest BCUT2D eigenvalue weighted by Gasteiger charge is -2.28. The zero-order valence-electron chi connectivity index (χ0n) is 13.5. The largest absolute Gasteiger partial charge is 0.389 e. The molecule has 0 saturated heterocycles. The van der Waals surface area contributed by atoms with Crippen LogP contribution in [-0.4, -0.2) is 41.3 Å². The Labute approximate surface area is 143 Å². The lowest BCUT2D eigenvalue weighted by Crippen LogP contribution is -2.34. The molecule has 3 rings (SSSR count). The molecule has 0 fully saturated rings. The van der Waals surface area contributed by atoms with E-state index >= 15 is 0 Å². The molecule has 122 valence electrons. The molecule has 2 unspecified atom stereocenters. The summed E-state index contributed by atoms with van der Waals surface area (Å²) in [5, 5.41) is 12.0. The summed E-state index contributed by atoms with van der Waals surface area (Å²) in [4.78, 5) is 2.02. The SMILES string of the molecule is CN(C)CC(O)C(c1ccccc1)n1ccc2ccccc21.Cl. The molecule has 1 heterocycles. The fourth-order valence-electron chi connectivity index (χ4n) is 3.04. The van der Waals surface area contributed by atoms with Crippen molar-refractivity contribution in [2.24, 2.45) is 0 Å². The van der Waals surface area contributed by atoms with E-state index in [1.165, 1.54) is 5.39 Å². The average Bonchev–Trinajstić information content (AvgIpc) is 2.92. The normalized spacial score (nSPS) is 13.7. The van der Waals surface area contributed by atoms with Crippen molar-refractivity contribution in [2.75, 3.05) is 20.6 Å². The van der Waals surface area contributed by atoms with Crippen LogP contribution in [0.2, 0.25) is 0 Å². The maximum atomic E-state index is 10.8. The second-order valence-electron chi connectivity index (χ2n) is 5.97. The number of aromatic nitrogens is 1. The van der Waals surface area contributed by atoms with Gasteiger partial charge >= 0.3 is 0 Å². The molecule has 0 saturated carbocycles. The minimum atomic E-state index is -0.479. The summed E-state index contributed by atoms with van der Waals surface area (Å²) >= 11 is 0. The van der Waals surface area contributed by atoms with Crippen molar-refractivity contribution in [3.05, 3.63) is 72.4 Å². The number of para-hydroxylation sites is 1. The molecule has 0 radical (unpaired) electrons. The second kappa shape index (κ2) is 7.64. The fourth-order valence-corrected chi connectivity index (χ4v) is 3.04. The highest BCUT2D eigenvalue weighted by atomic mass is 35.5. The zero-order valence-corrected chi connectivity index (χ0v) is 14.3. The van der Waals surface area contributed by atoms with Gasteiger partial charge in [0.25, 0.3) is 0 Å². The molecular formula is C19H23ClN2O. The van der Waals surface area contributed by atoms with E-state index in [4.69, 9.17) is 0 Å². The molecule has 0 amide bonds. The van der Waals surface area contributed by atoms with Gasteiger partial charge in [-0.15, -0.1) is 12.4 Å². The van der Waals surface area contributed by atoms with E-state index in [2.05, 4.69) is 41.1 Å². The number of hydrogen-bond donors (Lipinski definition) is 1. The Bertz CT molecular complexity index is 739. The van der Waals surface area contributed by atoms with Crippen molar-refractivity contribution in [3.63, 3.8) is 0 Å². The van der Waals surface area contributed by atoms with Gasteiger partial charge in [0.2, 0.25) is 0 Å². The van der Waals surface area contributed by atoms with Crippen LogP contribution in [0.3, 0.4) is 0 Å². The molecule has 0 spiro atoms. The number of aliphatic hydroxyl groups is 1. The summed E-state index contributed by atoms with van der Waals surface area (Å²) in [7, 11) is 3.97. The first-order chi connectivity index (χ1) is 10.7. The molecule has 4 heteroatoms. The zero-order chi connectivity index (χ0) is 15.5. The number of rotatable bonds is 5. The molecule has 3 aromatic rings. The molecule has 2 atom stereocenters. The van der Waals surface area contributed by atoms with Crippen LogP contribution in [0.15, 0.2) is 66.9 Å². The van der Waals surface area contributed by atoms with Crippen molar-refractivity contribution in [3.8, 4) is 0 Å². The van der Waals surface area contributed by atoms with E-state index in [9.17, 15) is 5.11 Å². The molecule has 3 nitrogen and oxygen atoms in total. The first kappa shape index (κ1) is 17.5. The van der Waals surface area contributed by atoms with Crippen molar-refractivity contribution in [1.29, 1.82) is 0 Å². The van der Waals surface area contributed by atoms with Crippen LogP contribution in [0.25, 0.3) is 10.9 Å². The number of likely N-dealkylation sites (N-methyl/N-ethyl adjacent to an activating group) is 1. The number of benzene rings is 2. The van der Waals surface area contributed by atoms with Gasteiger partial charge in [-0.05, 0) is 37.2 Å². The minimum absolute atomic E-state index is 0. The summed E-state index contributed by atoms with van der Waals surface area (Å²) in [5.41, 5.74) is 2.27. The fraction of sp³-hybridized carbons (Fsp3) is 0.263. The van der Waals surface area contributed by atoms with Crippen LogP contribution in [0, 0.1) is 0 Å². The summed E-state index contributed by atoms with van der Waals surface area (Å²) < 4.78 is 2.18.